The maximum absolute atomic E-state index is 12.8. The smallest absolute Gasteiger partial charge is 0.282 e. The van der Waals surface area contributed by atoms with E-state index in [1.54, 1.807) is 0 Å². The predicted octanol–water partition coefficient (Wildman–Crippen LogP) is 4.45. The zero-order chi connectivity index (χ0) is 14.8. The number of alkyl halides is 2. The SMILES string of the molecule is CCCn1c(-c2cnnc(C(F)F)c2)cc2ccccc21. The van der Waals surface area contributed by atoms with Gasteiger partial charge in [-0.25, -0.2) is 8.78 Å². The maximum atomic E-state index is 12.8. The van der Waals surface area contributed by atoms with Crippen LogP contribution in [0.4, 0.5) is 8.78 Å². The zero-order valence-corrected chi connectivity index (χ0v) is 11.6. The number of halogens is 2. The number of para-hydroxylation sites is 1. The summed E-state index contributed by atoms with van der Waals surface area (Å²) in [5.74, 6) is 0. The fourth-order valence-corrected chi connectivity index (χ4v) is 2.54. The Hall–Kier alpha value is -2.30. The van der Waals surface area contributed by atoms with Crippen LogP contribution in [0.1, 0.15) is 25.5 Å². The van der Waals surface area contributed by atoms with E-state index >= 15 is 0 Å². The summed E-state index contributed by atoms with van der Waals surface area (Å²) in [5.41, 5.74) is 2.38. The van der Waals surface area contributed by atoms with Gasteiger partial charge in [-0.1, -0.05) is 25.1 Å². The number of nitrogens with zero attached hydrogens (tertiary/aromatic N) is 3. The first-order valence-corrected chi connectivity index (χ1v) is 6.90. The number of hydrogen-bond donors (Lipinski definition) is 0. The fraction of sp³-hybridized carbons (Fsp3) is 0.250. The fourth-order valence-electron chi connectivity index (χ4n) is 2.54. The first-order valence-electron chi connectivity index (χ1n) is 6.90. The van der Waals surface area contributed by atoms with Crippen LogP contribution in [0, 0.1) is 0 Å². The van der Waals surface area contributed by atoms with Gasteiger partial charge in [0.1, 0.15) is 5.69 Å². The van der Waals surface area contributed by atoms with Crippen molar-refractivity contribution in [2.45, 2.75) is 26.3 Å². The minimum atomic E-state index is -2.61. The molecule has 0 atom stereocenters. The lowest BCUT2D eigenvalue weighted by molar-refractivity contribution is 0.145. The molecular weight excluding hydrogens is 272 g/mol. The van der Waals surface area contributed by atoms with E-state index in [1.807, 2.05) is 30.3 Å². The van der Waals surface area contributed by atoms with E-state index in [1.165, 1.54) is 12.3 Å². The summed E-state index contributed by atoms with van der Waals surface area (Å²) in [6, 6.07) is 11.4. The molecule has 0 bridgehead atoms. The molecule has 0 spiro atoms. The molecule has 2 aromatic heterocycles. The molecule has 108 valence electrons. The highest BCUT2D eigenvalue weighted by molar-refractivity contribution is 5.86. The molecule has 3 nitrogen and oxygen atoms in total. The van der Waals surface area contributed by atoms with Crippen molar-refractivity contribution in [2.75, 3.05) is 0 Å². The van der Waals surface area contributed by atoms with Crippen LogP contribution in [0.3, 0.4) is 0 Å². The summed E-state index contributed by atoms with van der Waals surface area (Å²) in [4.78, 5) is 0. The lowest BCUT2D eigenvalue weighted by Crippen LogP contribution is -2.01. The molecule has 2 heterocycles. The van der Waals surface area contributed by atoms with Crippen LogP contribution in [0.2, 0.25) is 0 Å². The number of aromatic nitrogens is 3. The van der Waals surface area contributed by atoms with Crippen LogP contribution >= 0.6 is 0 Å². The van der Waals surface area contributed by atoms with Crippen LogP contribution in [-0.4, -0.2) is 14.8 Å². The summed E-state index contributed by atoms with van der Waals surface area (Å²) >= 11 is 0. The third-order valence-electron chi connectivity index (χ3n) is 3.45. The molecule has 0 radical (unpaired) electrons. The second kappa shape index (κ2) is 5.60. The summed E-state index contributed by atoms with van der Waals surface area (Å²) in [5, 5.41) is 8.29. The molecule has 3 rings (SSSR count). The Kier molecular flexibility index (Phi) is 3.64. The summed E-state index contributed by atoms with van der Waals surface area (Å²) in [7, 11) is 0. The minimum Gasteiger partial charge on any atom is -0.340 e. The van der Waals surface area contributed by atoms with Gasteiger partial charge in [-0.3, -0.25) is 0 Å². The van der Waals surface area contributed by atoms with Gasteiger partial charge >= 0.3 is 0 Å². The first kappa shape index (κ1) is 13.7. The van der Waals surface area contributed by atoms with Crippen molar-refractivity contribution in [3.05, 3.63) is 48.3 Å². The zero-order valence-electron chi connectivity index (χ0n) is 11.6. The Morgan fingerprint density at radius 3 is 2.76 bits per heavy atom. The van der Waals surface area contributed by atoms with Crippen LogP contribution in [-0.2, 0) is 6.54 Å². The molecule has 0 N–H and O–H groups in total. The third kappa shape index (κ3) is 2.51. The largest absolute Gasteiger partial charge is 0.340 e. The standard InChI is InChI=1S/C16H15F2N3/c1-2-7-21-14-6-4-3-5-11(14)9-15(21)12-8-13(16(17)18)20-19-10-12/h3-6,8-10,16H,2,7H2,1H3. The first-order chi connectivity index (χ1) is 10.2. The molecule has 0 saturated heterocycles. The van der Waals surface area contributed by atoms with Crippen LogP contribution in [0.5, 0.6) is 0 Å². The summed E-state index contributed by atoms with van der Waals surface area (Å²) in [6.07, 6.45) is -0.112. The molecule has 0 saturated carbocycles. The van der Waals surface area contributed by atoms with E-state index in [2.05, 4.69) is 21.7 Å². The Morgan fingerprint density at radius 2 is 2.00 bits per heavy atom. The van der Waals surface area contributed by atoms with E-state index in [0.29, 0.717) is 5.56 Å². The van der Waals surface area contributed by atoms with Gasteiger partial charge in [-0.15, -0.1) is 5.10 Å². The summed E-state index contributed by atoms with van der Waals surface area (Å²) in [6.45, 7) is 2.92. The second-order valence-electron chi connectivity index (χ2n) is 4.91. The predicted molar refractivity (Wildman–Crippen MR) is 78.2 cm³/mol. The molecule has 1 aromatic carbocycles. The number of hydrogen-bond acceptors (Lipinski definition) is 2. The molecule has 0 aliphatic rings. The number of fused-ring (bicyclic) bond motifs is 1. The van der Waals surface area contributed by atoms with Crippen molar-refractivity contribution >= 4 is 10.9 Å². The summed E-state index contributed by atoms with van der Waals surface area (Å²) < 4.78 is 27.8. The van der Waals surface area contributed by atoms with Crippen molar-refractivity contribution < 1.29 is 8.78 Å². The quantitative estimate of drug-likeness (QED) is 0.710. The van der Waals surface area contributed by atoms with Gasteiger partial charge in [0.05, 0.1) is 11.9 Å². The number of aryl methyl sites for hydroxylation is 1. The van der Waals surface area contributed by atoms with Gasteiger partial charge in [0, 0.05) is 23.0 Å². The number of rotatable bonds is 4. The highest BCUT2D eigenvalue weighted by Crippen LogP contribution is 2.29. The van der Waals surface area contributed by atoms with E-state index in [9.17, 15) is 8.78 Å². The average Bonchev–Trinajstić information content (AvgIpc) is 2.87. The van der Waals surface area contributed by atoms with Crippen molar-refractivity contribution in [3.63, 3.8) is 0 Å². The van der Waals surface area contributed by atoms with Crippen molar-refractivity contribution in [2.24, 2.45) is 0 Å². The van der Waals surface area contributed by atoms with Gasteiger partial charge in [0.25, 0.3) is 6.43 Å². The van der Waals surface area contributed by atoms with Crippen molar-refractivity contribution in [1.82, 2.24) is 14.8 Å². The van der Waals surface area contributed by atoms with Gasteiger partial charge in [-0.05, 0) is 24.6 Å². The monoisotopic (exact) mass is 287 g/mol. The normalized spacial score (nSPS) is 11.4. The number of benzene rings is 1. The van der Waals surface area contributed by atoms with Crippen molar-refractivity contribution in [3.8, 4) is 11.3 Å². The van der Waals surface area contributed by atoms with Gasteiger partial charge in [0.2, 0.25) is 0 Å². The molecular formula is C16H15F2N3. The molecule has 21 heavy (non-hydrogen) atoms. The second-order valence-corrected chi connectivity index (χ2v) is 4.91. The molecule has 3 aromatic rings. The van der Waals surface area contributed by atoms with E-state index < -0.39 is 6.43 Å². The molecule has 0 amide bonds. The van der Waals surface area contributed by atoms with Gasteiger partial charge in [0.15, 0.2) is 0 Å². The average molecular weight is 287 g/mol. The van der Waals surface area contributed by atoms with E-state index in [-0.39, 0.29) is 5.69 Å². The Morgan fingerprint density at radius 1 is 1.19 bits per heavy atom. The Bertz CT molecular complexity index is 765. The molecule has 0 aliphatic carbocycles. The topological polar surface area (TPSA) is 30.7 Å². The lowest BCUT2D eigenvalue weighted by atomic mass is 10.2. The van der Waals surface area contributed by atoms with Gasteiger partial charge in [-0.2, -0.15) is 5.10 Å². The highest BCUT2D eigenvalue weighted by Gasteiger charge is 2.14. The molecule has 0 fully saturated rings. The van der Waals surface area contributed by atoms with Crippen molar-refractivity contribution in [1.29, 1.82) is 0 Å². The third-order valence-corrected chi connectivity index (χ3v) is 3.45. The minimum absolute atomic E-state index is 0.291. The Labute approximate surface area is 121 Å². The van der Waals surface area contributed by atoms with Gasteiger partial charge < -0.3 is 4.57 Å². The lowest BCUT2D eigenvalue weighted by Gasteiger charge is -2.10. The van der Waals surface area contributed by atoms with E-state index in [0.717, 1.165) is 29.6 Å². The molecule has 0 unspecified atom stereocenters. The maximum Gasteiger partial charge on any atom is 0.282 e. The molecule has 5 heteroatoms. The highest BCUT2D eigenvalue weighted by atomic mass is 19.3. The van der Waals surface area contributed by atoms with Crippen LogP contribution in [0.25, 0.3) is 22.2 Å². The molecule has 0 aliphatic heterocycles. The van der Waals surface area contributed by atoms with Crippen LogP contribution in [0.15, 0.2) is 42.6 Å². The Balaban J connectivity index is 2.19. The van der Waals surface area contributed by atoms with Crippen LogP contribution < -0.4 is 0 Å². The van der Waals surface area contributed by atoms with E-state index in [4.69, 9.17) is 0 Å².